The molecular formula is C23H25F3N6O2. The summed E-state index contributed by atoms with van der Waals surface area (Å²) in [5.41, 5.74) is 7.60. The first kappa shape index (κ1) is 20.7. The Bertz CT molecular complexity index is 1120. The average molecular weight is 474 g/mol. The summed E-state index contributed by atoms with van der Waals surface area (Å²) in [6, 6.07) is 4.17. The van der Waals surface area contributed by atoms with E-state index in [-0.39, 0.29) is 5.82 Å². The number of aromatic nitrogens is 3. The van der Waals surface area contributed by atoms with Crippen LogP contribution in [0.3, 0.4) is 0 Å². The van der Waals surface area contributed by atoms with Crippen LogP contribution in [0.5, 0.6) is 5.75 Å². The molecule has 11 heteroatoms. The Morgan fingerprint density at radius 3 is 2.41 bits per heavy atom. The van der Waals surface area contributed by atoms with E-state index in [2.05, 4.69) is 19.5 Å². The van der Waals surface area contributed by atoms with Crippen LogP contribution in [0.25, 0.3) is 11.3 Å². The van der Waals surface area contributed by atoms with Crippen molar-refractivity contribution in [1.29, 1.82) is 0 Å². The van der Waals surface area contributed by atoms with Crippen molar-refractivity contribution in [3.63, 3.8) is 0 Å². The molecule has 2 N–H and O–H groups in total. The van der Waals surface area contributed by atoms with Gasteiger partial charge in [0.2, 0.25) is 5.95 Å². The van der Waals surface area contributed by atoms with Gasteiger partial charge in [-0.25, -0.2) is 15.0 Å². The van der Waals surface area contributed by atoms with E-state index in [0.717, 1.165) is 51.4 Å². The van der Waals surface area contributed by atoms with Crippen molar-refractivity contribution in [2.45, 2.75) is 37.2 Å². The van der Waals surface area contributed by atoms with Crippen LogP contribution in [0.15, 0.2) is 18.3 Å². The number of ether oxygens (including phenoxy) is 2. The number of nitrogen functional groups attached to an aromatic ring is 1. The molecule has 4 saturated heterocycles. The van der Waals surface area contributed by atoms with E-state index in [1.165, 1.54) is 12.3 Å². The Kier molecular flexibility index (Phi) is 4.37. The third-order valence-corrected chi connectivity index (χ3v) is 8.20. The maximum Gasteiger partial charge on any atom is 0.573 e. The van der Waals surface area contributed by atoms with Crippen molar-refractivity contribution in [1.82, 2.24) is 19.9 Å². The van der Waals surface area contributed by atoms with Crippen molar-refractivity contribution >= 4 is 11.8 Å². The minimum absolute atomic E-state index is 0.312. The second-order valence-electron chi connectivity index (χ2n) is 10.3. The molecule has 6 heterocycles. The molecule has 34 heavy (non-hydrogen) atoms. The maximum absolute atomic E-state index is 12.8. The number of alkyl halides is 3. The highest BCUT2D eigenvalue weighted by Crippen LogP contribution is 2.58. The number of anilines is 2. The third kappa shape index (κ3) is 3.39. The number of nitrogens with zero attached hydrogens (tertiary/aromatic N) is 5. The fourth-order valence-corrected chi connectivity index (χ4v) is 6.21. The lowest BCUT2D eigenvalue weighted by molar-refractivity contribution is -0.274. The van der Waals surface area contributed by atoms with E-state index in [4.69, 9.17) is 20.4 Å². The Morgan fingerprint density at radius 2 is 1.79 bits per heavy atom. The predicted octanol–water partition coefficient (Wildman–Crippen LogP) is 2.66. The smallest absolute Gasteiger partial charge is 0.402 e. The Balaban J connectivity index is 1.22. The zero-order chi connectivity index (χ0) is 23.2. The maximum atomic E-state index is 12.8. The van der Waals surface area contributed by atoms with Crippen molar-refractivity contribution < 1.29 is 22.6 Å². The number of halogens is 3. The van der Waals surface area contributed by atoms with Gasteiger partial charge in [0.25, 0.3) is 0 Å². The number of nitrogens with two attached hydrogens (primary N) is 1. The fraction of sp³-hybridized carbons (Fsp3) is 0.609. The lowest BCUT2D eigenvalue weighted by atomic mass is 9.86. The SMILES string of the molecule is Nc1ncc(-c2cc(C3[C@H]4CN(C5COC5)C[C@@H]34)nc(N3CC4CC3C4)n2)cc1OC(F)(F)F. The monoisotopic (exact) mass is 474 g/mol. The first-order valence-electron chi connectivity index (χ1n) is 11.8. The van der Waals surface area contributed by atoms with Crippen LogP contribution in [0.1, 0.15) is 24.5 Å². The number of hydrogen-bond acceptors (Lipinski definition) is 8. The molecule has 3 atom stereocenters. The van der Waals surface area contributed by atoms with Gasteiger partial charge in [0.15, 0.2) is 11.6 Å². The summed E-state index contributed by atoms with van der Waals surface area (Å²) in [4.78, 5) is 18.5. The summed E-state index contributed by atoms with van der Waals surface area (Å²) in [5, 5.41) is 0. The highest BCUT2D eigenvalue weighted by Gasteiger charge is 2.58. The van der Waals surface area contributed by atoms with E-state index in [0.29, 0.717) is 53.0 Å². The molecule has 6 fully saturated rings. The molecule has 2 bridgehead atoms. The molecule has 0 amide bonds. The minimum atomic E-state index is -4.85. The molecule has 0 spiro atoms. The summed E-state index contributed by atoms with van der Waals surface area (Å²) in [5.74, 6) is 1.98. The topological polar surface area (TPSA) is 89.6 Å². The molecule has 2 aliphatic carbocycles. The second kappa shape index (κ2) is 7.17. The molecule has 2 saturated carbocycles. The van der Waals surface area contributed by atoms with Gasteiger partial charge in [-0.1, -0.05) is 0 Å². The van der Waals surface area contributed by atoms with Crippen molar-refractivity contribution in [2.24, 2.45) is 17.8 Å². The van der Waals surface area contributed by atoms with Gasteiger partial charge in [0.05, 0.1) is 30.6 Å². The average Bonchev–Trinajstić information content (AvgIpc) is 3.11. The molecule has 8 nitrogen and oxygen atoms in total. The van der Waals surface area contributed by atoms with Crippen LogP contribution >= 0.6 is 0 Å². The number of rotatable bonds is 5. The summed E-state index contributed by atoms with van der Waals surface area (Å²) in [6.07, 6.45) is -1.09. The van der Waals surface area contributed by atoms with E-state index in [9.17, 15) is 13.2 Å². The molecule has 2 aromatic heterocycles. The highest BCUT2D eigenvalue weighted by atomic mass is 19.4. The van der Waals surface area contributed by atoms with Gasteiger partial charge in [0, 0.05) is 43.4 Å². The van der Waals surface area contributed by atoms with E-state index in [1.807, 2.05) is 6.07 Å². The zero-order valence-electron chi connectivity index (χ0n) is 18.4. The van der Waals surface area contributed by atoms with E-state index in [1.54, 1.807) is 0 Å². The van der Waals surface area contributed by atoms with Crippen molar-refractivity contribution in [3.8, 4) is 17.0 Å². The molecule has 6 aliphatic rings. The van der Waals surface area contributed by atoms with Crippen LogP contribution in [0, 0.1) is 17.8 Å². The number of hydrogen-bond donors (Lipinski definition) is 1. The Labute approximate surface area is 194 Å². The number of piperidine rings is 1. The highest BCUT2D eigenvalue weighted by molar-refractivity contribution is 5.66. The molecular weight excluding hydrogens is 449 g/mol. The molecule has 4 aliphatic heterocycles. The van der Waals surface area contributed by atoms with Crippen molar-refractivity contribution in [2.75, 3.05) is 43.5 Å². The summed E-state index contributed by atoms with van der Waals surface area (Å²) in [7, 11) is 0. The quantitative estimate of drug-likeness (QED) is 0.708. The minimum Gasteiger partial charge on any atom is -0.402 e. The van der Waals surface area contributed by atoms with Crippen LogP contribution < -0.4 is 15.4 Å². The number of pyridine rings is 1. The molecule has 8 rings (SSSR count). The summed E-state index contributed by atoms with van der Waals surface area (Å²) < 4.78 is 48.0. The van der Waals surface area contributed by atoms with Gasteiger partial charge < -0.3 is 20.1 Å². The largest absolute Gasteiger partial charge is 0.573 e. The second-order valence-corrected chi connectivity index (χ2v) is 10.3. The normalized spacial score (nSPS) is 32.3. The van der Waals surface area contributed by atoms with Gasteiger partial charge in [-0.3, -0.25) is 4.90 Å². The van der Waals surface area contributed by atoms with Crippen LogP contribution in [-0.4, -0.2) is 71.1 Å². The lowest BCUT2D eigenvalue weighted by Crippen LogP contribution is -2.48. The first-order valence-corrected chi connectivity index (χ1v) is 11.8. The van der Waals surface area contributed by atoms with Crippen LogP contribution in [-0.2, 0) is 4.74 Å². The molecule has 0 aromatic carbocycles. The number of likely N-dealkylation sites (tertiary alicyclic amines) is 1. The summed E-state index contributed by atoms with van der Waals surface area (Å²) in [6.45, 7) is 4.65. The first-order chi connectivity index (χ1) is 16.3. The molecule has 1 unspecified atom stereocenters. The van der Waals surface area contributed by atoms with Gasteiger partial charge in [-0.05, 0) is 42.7 Å². The predicted molar refractivity (Wildman–Crippen MR) is 116 cm³/mol. The summed E-state index contributed by atoms with van der Waals surface area (Å²) >= 11 is 0. The molecule has 2 aromatic rings. The van der Waals surface area contributed by atoms with E-state index >= 15 is 0 Å². The lowest BCUT2D eigenvalue weighted by Gasteiger charge is -2.35. The third-order valence-electron chi connectivity index (χ3n) is 8.20. The molecule has 0 radical (unpaired) electrons. The van der Waals surface area contributed by atoms with Crippen LogP contribution in [0.4, 0.5) is 24.9 Å². The fourth-order valence-electron chi connectivity index (χ4n) is 6.21. The van der Waals surface area contributed by atoms with E-state index < -0.39 is 12.1 Å². The Hall–Kier alpha value is -2.66. The van der Waals surface area contributed by atoms with Gasteiger partial charge in [-0.15, -0.1) is 13.2 Å². The molecule has 180 valence electrons. The number of fused-ring (bicyclic) bond motifs is 2. The van der Waals surface area contributed by atoms with Gasteiger partial charge in [0.1, 0.15) is 0 Å². The van der Waals surface area contributed by atoms with Crippen LogP contribution in [0.2, 0.25) is 0 Å². The van der Waals surface area contributed by atoms with Gasteiger partial charge in [-0.2, -0.15) is 0 Å². The zero-order valence-corrected chi connectivity index (χ0v) is 18.4. The van der Waals surface area contributed by atoms with Crippen molar-refractivity contribution in [3.05, 3.63) is 24.0 Å². The standard InChI is InChI=1S/C23H25F3N6O2/c24-23(25,26)34-19-3-12(5-28-21(19)27)17-4-18(30-22(29-17)32-6-11-1-13(32)2-11)20-15-7-31(8-16(15)20)14-9-33-10-14/h3-5,11,13-16,20H,1-2,6-10H2,(H2,27,28)/t11?,13?,15-,16+,20?. The van der Waals surface area contributed by atoms with Gasteiger partial charge >= 0.3 is 6.36 Å². The Morgan fingerprint density at radius 1 is 1.03 bits per heavy atom.